The summed E-state index contributed by atoms with van der Waals surface area (Å²) in [5.41, 5.74) is 0.718. The molecule has 0 bridgehead atoms. The maximum atomic E-state index is 11.8. The van der Waals surface area contributed by atoms with Crippen molar-refractivity contribution in [2.24, 2.45) is 5.92 Å². The lowest BCUT2D eigenvalue weighted by atomic mass is 10.0. The SMILES string of the molecule is O=C(Nc1ccc(Br)cc1)C(O)C1CCCC1. The van der Waals surface area contributed by atoms with Gasteiger partial charge in [-0.25, -0.2) is 0 Å². The molecule has 17 heavy (non-hydrogen) atoms. The molecular formula is C13H16BrNO2. The van der Waals surface area contributed by atoms with Crippen molar-refractivity contribution in [3.05, 3.63) is 28.7 Å². The van der Waals surface area contributed by atoms with E-state index in [2.05, 4.69) is 21.2 Å². The average Bonchev–Trinajstić information content (AvgIpc) is 2.84. The smallest absolute Gasteiger partial charge is 0.253 e. The van der Waals surface area contributed by atoms with Gasteiger partial charge in [-0.1, -0.05) is 28.8 Å². The molecule has 1 aliphatic carbocycles. The first-order valence-electron chi connectivity index (χ1n) is 5.91. The highest BCUT2D eigenvalue weighted by Crippen LogP contribution is 2.28. The van der Waals surface area contributed by atoms with E-state index in [1.54, 1.807) is 0 Å². The van der Waals surface area contributed by atoms with Crippen molar-refractivity contribution in [2.45, 2.75) is 31.8 Å². The molecule has 3 nitrogen and oxygen atoms in total. The molecule has 0 heterocycles. The second-order valence-corrected chi connectivity index (χ2v) is 5.40. The molecule has 1 aromatic carbocycles. The standard InChI is InChI=1S/C13H16BrNO2/c14-10-5-7-11(8-6-10)15-13(17)12(16)9-3-1-2-4-9/h5-9,12,16H,1-4H2,(H,15,17). The zero-order valence-corrected chi connectivity index (χ0v) is 11.1. The highest BCUT2D eigenvalue weighted by Gasteiger charge is 2.28. The van der Waals surface area contributed by atoms with E-state index < -0.39 is 6.10 Å². The summed E-state index contributed by atoms with van der Waals surface area (Å²) in [5, 5.41) is 12.6. The second kappa shape index (κ2) is 5.65. The molecule has 1 atom stereocenters. The molecule has 1 amide bonds. The number of carbonyl (C=O) groups is 1. The maximum Gasteiger partial charge on any atom is 0.253 e. The zero-order chi connectivity index (χ0) is 12.3. The van der Waals surface area contributed by atoms with Crippen LogP contribution < -0.4 is 5.32 Å². The number of amides is 1. The quantitative estimate of drug-likeness (QED) is 0.901. The molecule has 2 N–H and O–H groups in total. The van der Waals surface area contributed by atoms with Crippen LogP contribution in [0.15, 0.2) is 28.7 Å². The largest absolute Gasteiger partial charge is 0.383 e. The van der Waals surface area contributed by atoms with Crippen LogP contribution in [0.25, 0.3) is 0 Å². The maximum absolute atomic E-state index is 11.8. The van der Waals surface area contributed by atoms with Crippen molar-refractivity contribution in [1.82, 2.24) is 0 Å². The van der Waals surface area contributed by atoms with Gasteiger partial charge in [-0.15, -0.1) is 0 Å². The summed E-state index contributed by atoms with van der Waals surface area (Å²) in [4.78, 5) is 11.8. The van der Waals surface area contributed by atoms with E-state index in [0.29, 0.717) is 0 Å². The van der Waals surface area contributed by atoms with E-state index >= 15 is 0 Å². The summed E-state index contributed by atoms with van der Waals surface area (Å²) < 4.78 is 0.965. The number of rotatable bonds is 3. The lowest BCUT2D eigenvalue weighted by Gasteiger charge is -2.17. The normalized spacial score (nSPS) is 18.0. The molecular weight excluding hydrogens is 282 g/mol. The van der Waals surface area contributed by atoms with Gasteiger partial charge in [0.2, 0.25) is 0 Å². The molecule has 1 aliphatic rings. The average molecular weight is 298 g/mol. The Kier molecular flexibility index (Phi) is 4.18. The fourth-order valence-electron chi connectivity index (χ4n) is 2.24. The Balaban J connectivity index is 1.93. The van der Waals surface area contributed by atoms with Crippen LogP contribution in [0.2, 0.25) is 0 Å². The first-order valence-corrected chi connectivity index (χ1v) is 6.70. The van der Waals surface area contributed by atoms with Crippen molar-refractivity contribution in [3.8, 4) is 0 Å². The van der Waals surface area contributed by atoms with Gasteiger partial charge in [0.15, 0.2) is 0 Å². The number of hydrogen-bond acceptors (Lipinski definition) is 2. The van der Waals surface area contributed by atoms with E-state index in [9.17, 15) is 9.90 Å². The first-order chi connectivity index (χ1) is 8.16. The fraction of sp³-hybridized carbons (Fsp3) is 0.462. The summed E-state index contributed by atoms with van der Waals surface area (Å²) in [7, 11) is 0. The highest BCUT2D eigenvalue weighted by atomic mass is 79.9. The zero-order valence-electron chi connectivity index (χ0n) is 9.53. The van der Waals surface area contributed by atoms with Gasteiger partial charge in [-0.2, -0.15) is 0 Å². The fourth-order valence-corrected chi connectivity index (χ4v) is 2.50. The molecule has 1 unspecified atom stereocenters. The van der Waals surface area contributed by atoms with Crippen molar-refractivity contribution in [3.63, 3.8) is 0 Å². The van der Waals surface area contributed by atoms with E-state index in [4.69, 9.17) is 0 Å². The molecule has 92 valence electrons. The number of aliphatic hydroxyl groups excluding tert-OH is 1. The third kappa shape index (κ3) is 3.30. The summed E-state index contributed by atoms with van der Waals surface area (Å²) >= 11 is 3.33. The Morgan fingerprint density at radius 2 is 1.88 bits per heavy atom. The van der Waals surface area contributed by atoms with E-state index in [-0.39, 0.29) is 11.8 Å². The minimum Gasteiger partial charge on any atom is -0.383 e. The van der Waals surface area contributed by atoms with Crippen LogP contribution in [0.3, 0.4) is 0 Å². The Bertz CT molecular complexity index is 385. The molecule has 0 aromatic heterocycles. The van der Waals surface area contributed by atoms with Crippen LogP contribution in [0.1, 0.15) is 25.7 Å². The third-order valence-electron chi connectivity index (χ3n) is 3.23. The third-order valence-corrected chi connectivity index (χ3v) is 3.76. The van der Waals surface area contributed by atoms with E-state index in [0.717, 1.165) is 35.8 Å². The number of hydrogen-bond donors (Lipinski definition) is 2. The van der Waals surface area contributed by atoms with Gasteiger partial charge in [0.05, 0.1) is 0 Å². The number of aliphatic hydroxyl groups is 1. The Morgan fingerprint density at radius 3 is 2.47 bits per heavy atom. The monoisotopic (exact) mass is 297 g/mol. The minimum absolute atomic E-state index is 0.130. The van der Waals surface area contributed by atoms with Crippen LogP contribution in [-0.4, -0.2) is 17.1 Å². The van der Waals surface area contributed by atoms with Crippen molar-refractivity contribution in [1.29, 1.82) is 0 Å². The Labute approximate surface area is 109 Å². The molecule has 0 radical (unpaired) electrons. The minimum atomic E-state index is -0.874. The van der Waals surface area contributed by atoms with Crippen LogP contribution in [0.4, 0.5) is 5.69 Å². The van der Waals surface area contributed by atoms with Crippen molar-refractivity contribution in [2.75, 3.05) is 5.32 Å². The summed E-state index contributed by atoms with van der Waals surface area (Å²) in [6.45, 7) is 0. The van der Waals surface area contributed by atoms with Gasteiger partial charge < -0.3 is 10.4 Å². The summed E-state index contributed by atoms with van der Waals surface area (Å²) in [6.07, 6.45) is 3.27. The lowest BCUT2D eigenvalue weighted by molar-refractivity contribution is -0.126. The number of halogens is 1. The summed E-state index contributed by atoms with van der Waals surface area (Å²) in [5.74, 6) is -0.162. The Hall–Kier alpha value is -0.870. The van der Waals surface area contributed by atoms with Crippen molar-refractivity contribution < 1.29 is 9.90 Å². The van der Waals surface area contributed by atoms with Crippen LogP contribution in [0.5, 0.6) is 0 Å². The molecule has 1 fully saturated rings. The molecule has 2 rings (SSSR count). The Morgan fingerprint density at radius 1 is 1.29 bits per heavy atom. The van der Waals surface area contributed by atoms with E-state index in [1.807, 2.05) is 24.3 Å². The number of benzene rings is 1. The van der Waals surface area contributed by atoms with Gasteiger partial charge in [0.25, 0.3) is 5.91 Å². The van der Waals surface area contributed by atoms with Gasteiger partial charge >= 0.3 is 0 Å². The number of anilines is 1. The molecule has 1 saturated carbocycles. The number of nitrogens with one attached hydrogen (secondary N) is 1. The van der Waals surface area contributed by atoms with E-state index in [1.165, 1.54) is 0 Å². The lowest BCUT2D eigenvalue weighted by Crippen LogP contribution is -2.33. The summed E-state index contributed by atoms with van der Waals surface area (Å²) in [6, 6.07) is 7.34. The van der Waals surface area contributed by atoms with Crippen LogP contribution in [0, 0.1) is 5.92 Å². The molecule has 1 aromatic rings. The van der Waals surface area contributed by atoms with Gasteiger partial charge in [0, 0.05) is 10.2 Å². The van der Waals surface area contributed by atoms with Gasteiger partial charge in [0.1, 0.15) is 6.10 Å². The molecule has 0 saturated heterocycles. The molecule has 4 heteroatoms. The predicted octanol–water partition coefficient (Wildman–Crippen LogP) is 2.94. The number of carbonyl (C=O) groups excluding carboxylic acids is 1. The first kappa shape index (κ1) is 12.6. The van der Waals surface area contributed by atoms with Crippen molar-refractivity contribution >= 4 is 27.5 Å². The molecule has 0 aliphatic heterocycles. The highest BCUT2D eigenvalue weighted by molar-refractivity contribution is 9.10. The predicted molar refractivity (Wildman–Crippen MR) is 70.7 cm³/mol. The van der Waals surface area contributed by atoms with Gasteiger partial charge in [-0.05, 0) is 43.0 Å². The second-order valence-electron chi connectivity index (χ2n) is 4.49. The topological polar surface area (TPSA) is 49.3 Å². The van der Waals surface area contributed by atoms with Crippen LogP contribution in [-0.2, 0) is 4.79 Å². The van der Waals surface area contributed by atoms with Gasteiger partial charge in [-0.3, -0.25) is 4.79 Å². The van der Waals surface area contributed by atoms with Crippen LogP contribution >= 0.6 is 15.9 Å². The molecule has 0 spiro atoms.